The fourth-order valence-corrected chi connectivity index (χ4v) is 0.242. The van der Waals surface area contributed by atoms with Crippen LogP contribution >= 0.6 is 15.9 Å². The molecule has 0 aliphatic heterocycles. The van der Waals surface area contributed by atoms with Crippen molar-refractivity contribution in [3.05, 3.63) is 0 Å². The van der Waals surface area contributed by atoms with E-state index in [-0.39, 0.29) is 6.61 Å². The fraction of sp³-hybridized carbons (Fsp3) is 0.333. The summed E-state index contributed by atoms with van der Waals surface area (Å²) in [6.07, 6.45) is 0. The zero-order chi connectivity index (χ0) is 6.57. The summed E-state index contributed by atoms with van der Waals surface area (Å²) in [5, 5.41) is 0. The van der Waals surface area contributed by atoms with E-state index in [1.807, 2.05) is 0 Å². The number of hydrogen-bond acceptors (Lipinski definition) is 3. The number of rotatable bonds is 2. The third-order valence-electron chi connectivity index (χ3n) is 0.328. The quantitative estimate of drug-likeness (QED) is 0.611. The largest absolute Gasteiger partial charge is 0.447 e. The van der Waals surface area contributed by atoms with Gasteiger partial charge in [-0.05, 0) is 0 Å². The number of amides is 1. The number of halogens is 1. The topological polar surface area (TPSA) is 69.4 Å². The number of ether oxygens (including phenoxy) is 1. The Bertz CT molecular complexity index is 99.1. The first kappa shape index (κ1) is 7.42. The van der Waals surface area contributed by atoms with Gasteiger partial charge in [-0.1, -0.05) is 0 Å². The molecule has 0 saturated heterocycles. The second-order valence-electron chi connectivity index (χ2n) is 0.993. The van der Waals surface area contributed by atoms with Gasteiger partial charge in [-0.15, -0.1) is 0 Å². The number of carbonyl (C=O) groups is 2. The highest BCUT2D eigenvalue weighted by Gasteiger charge is 1.96. The Morgan fingerprint density at radius 3 is 2.25 bits per heavy atom. The Morgan fingerprint density at radius 2 is 2.12 bits per heavy atom. The Hall–Kier alpha value is -0.580. The average molecular weight is 182 g/mol. The van der Waals surface area contributed by atoms with Crippen LogP contribution in [0.2, 0.25) is 0 Å². The van der Waals surface area contributed by atoms with Gasteiger partial charge in [-0.25, -0.2) is 4.79 Å². The van der Waals surface area contributed by atoms with Gasteiger partial charge in [0.15, 0.2) is 6.61 Å². The summed E-state index contributed by atoms with van der Waals surface area (Å²) in [7, 11) is 0. The Balaban J connectivity index is 3.18. The third kappa shape index (κ3) is 5.42. The average Bonchev–Trinajstić information content (AvgIpc) is 1.61. The van der Waals surface area contributed by atoms with Crippen molar-refractivity contribution < 1.29 is 14.3 Å². The maximum absolute atomic E-state index is 9.83. The van der Waals surface area contributed by atoms with Crippen molar-refractivity contribution in [3.8, 4) is 0 Å². The van der Waals surface area contributed by atoms with Gasteiger partial charge >= 0.3 is 4.88 Å². The molecule has 0 aromatic rings. The normalized spacial score (nSPS) is 8.12. The second kappa shape index (κ2) is 3.43. The molecule has 0 fully saturated rings. The highest BCUT2D eigenvalue weighted by molar-refractivity contribution is 9.18. The van der Waals surface area contributed by atoms with E-state index in [0.29, 0.717) is 0 Å². The van der Waals surface area contributed by atoms with Gasteiger partial charge < -0.3 is 10.5 Å². The fourth-order valence-electron chi connectivity index (χ4n) is 0.128. The molecule has 0 aromatic heterocycles. The molecule has 0 unspecified atom stereocenters. The van der Waals surface area contributed by atoms with E-state index in [2.05, 4.69) is 26.4 Å². The minimum Gasteiger partial charge on any atom is -0.447 e. The second-order valence-corrected chi connectivity index (χ2v) is 1.64. The number of carbonyl (C=O) groups excluding carboxylic acids is 2. The van der Waals surface area contributed by atoms with Crippen molar-refractivity contribution in [3.63, 3.8) is 0 Å². The molecule has 0 rings (SSSR count). The van der Waals surface area contributed by atoms with E-state index in [0.717, 1.165) is 0 Å². The Labute approximate surface area is 54.1 Å². The van der Waals surface area contributed by atoms with Gasteiger partial charge in [0.1, 0.15) is 0 Å². The van der Waals surface area contributed by atoms with E-state index in [1.165, 1.54) is 0 Å². The molecule has 46 valence electrons. The molecular weight excluding hydrogens is 178 g/mol. The molecule has 2 N–H and O–H groups in total. The SMILES string of the molecule is NC(=O)COC(=O)Br. The summed E-state index contributed by atoms with van der Waals surface area (Å²) < 4.78 is 4.11. The Morgan fingerprint density at radius 1 is 1.62 bits per heavy atom. The highest BCUT2D eigenvalue weighted by Crippen LogP contribution is 1.87. The zero-order valence-corrected chi connectivity index (χ0v) is 5.47. The van der Waals surface area contributed by atoms with Gasteiger partial charge in [0.2, 0.25) is 0 Å². The van der Waals surface area contributed by atoms with Gasteiger partial charge in [0, 0.05) is 15.9 Å². The standard InChI is InChI=1S/C3H4BrNO3/c4-3(7)8-1-2(5)6/h1H2,(H2,5,6). The van der Waals surface area contributed by atoms with Gasteiger partial charge in [0.25, 0.3) is 5.91 Å². The smallest absolute Gasteiger partial charge is 0.375 e. The molecule has 0 spiro atoms. The van der Waals surface area contributed by atoms with E-state index >= 15 is 0 Å². The minimum atomic E-state index is -0.684. The summed E-state index contributed by atoms with van der Waals surface area (Å²) in [4.78, 5) is 19.0. The molecule has 0 atom stereocenters. The molecule has 0 bridgehead atoms. The van der Waals surface area contributed by atoms with Crippen molar-refractivity contribution >= 4 is 26.7 Å². The lowest BCUT2D eigenvalue weighted by Crippen LogP contribution is -2.18. The first-order valence-corrected chi connectivity index (χ1v) is 2.53. The molecule has 0 heterocycles. The van der Waals surface area contributed by atoms with Crippen LogP contribution in [0, 0.1) is 0 Å². The van der Waals surface area contributed by atoms with E-state index in [9.17, 15) is 9.59 Å². The minimum absolute atomic E-state index is 0.371. The van der Waals surface area contributed by atoms with Crippen molar-refractivity contribution in [2.24, 2.45) is 5.73 Å². The summed E-state index contributed by atoms with van der Waals surface area (Å²) in [6, 6.07) is 0. The molecule has 1 amide bonds. The lowest BCUT2D eigenvalue weighted by Gasteiger charge is -1.91. The highest BCUT2D eigenvalue weighted by atomic mass is 79.9. The van der Waals surface area contributed by atoms with Crippen LogP contribution in [0.4, 0.5) is 4.79 Å². The van der Waals surface area contributed by atoms with Crippen LogP contribution in [0.5, 0.6) is 0 Å². The van der Waals surface area contributed by atoms with Crippen molar-refractivity contribution in [2.45, 2.75) is 0 Å². The number of hydrogen-bond donors (Lipinski definition) is 1. The molecule has 0 aliphatic carbocycles. The van der Waals surface area contributed by atoms with Gasteiger partial charge in [-0.3, -0.25) is 4.79 Å². The molecule has 0 aliphatic rings. The van der Waals surface area contributed by atoms with Crippen LogP contribution in [0.25, 0.3) is 0 Å². The molecule has 4 nitrogen and oxygen atoms in total. The molecule has 0 radical (unpaired) electrons. The van der Waals surface area contributed by atoms with Crippen LogP contribution in [-0.2, 0) is 9.53 Å². The molecule has 0 saturated carbocycles. The lowest BCUT2D eigenvalue weighted by atomic mass is 10.7. The predicted octanol–water partition coefficient (Wildman–Crippen LogP) is 0.00320. The first-order valence-electron chi connectivity index (χ1n) is 1.73. The maximum atomic E-state index is 9.83. The van der Waals surface area contributed by atoms with Gasteiger partial charge in [0.05, 0.1) is 0 Å². The number of primary amides is 1. The zero-order valence-electron chi connectivity index (χ0n) is 3.89. The van der Waals surface area contributed by atoms with Crippen LogP contribution in [-0.4, -0.2) is 17.4 Å². The van der Waals surface area contributed by atoms with Crippen molar-refractivity contribution in [1.29, 1.82) is 0 Å². The molecule has 5 heteroatoms. The van der Waals surface area contributed by atoms with E-state index < -0.39 is 10.8 Å². The van der Waals surface area contributed by atoms with Crippen LogP contribution in [0.3, 0.4) is 0 Å². The van der Waals surface area contributed by atoms with Crippen molar-refractivity contribution in [1.82, 2.24) is 0 Å². The molecule has 8 heavy (non-hydrogen) atoms. The van der Waals surface area contributed by atoms with Crippen LogP contribution in [0.15, 0.2) is 0 Å². The third-order valence-corrected chi connectivity index (χ3v) is 0.557. The maximum Gasteiger partial charge on any atom is 0.375 e. The van der Waals surface area contributed by atoms with E-state index in [4.69, 9.17) is 0 Å². The summed E-state index contributed by atoms with van der Waals surface area (Å²) in [5.41, 5.74) is 4.60. The summed E-state index contributed by atoms with van der Waals surface area (Å²) >= 11 is 2.43. The Kier molecular flexibility index (Phi) is 3.18. The first-order chi connectivity index (χ1) is 3.63. The predicted molar refractivity (Wildman–Crippen MR) is 29.5 cm³/mol. The monoisotopic (exact) mass is 181 g/mol. The molecular formula is C3H4BrNO3. The summed E-state index contributed by atoms with van der Waals surface area (Å²) in [6.45, 7) is -0.371. The van der Waals surface area contributed by atoms with E-state index in [1.54, 1.807) is 0 Å². The van der Waals surface area contributed by atoms with Crippen LogP contribution < -0.4 is 5.73 Å². The van der Waals surface area contributed by atoms with Crippen LogP contribution in [0.1, 0.15) is 0 Å². The summed E-state index contributed by atoms with van der Waals surface area (Å²) in [5.74, 6) is -0.669. The van der Waals surface area contributed by atoms with Crippen molar-refractivity contribution in [2.75, 3.05) is 6.61 Å². The lowest BCUT2D eigenvalue weighted by molar-refractivity contribution is -0.120. The number of nitrogens with two attached hydrogens (primary N) is 1. The molecule has 0 aromatic carbocycles. The van der Waals surface area contributed by atoms with Gasteiger partial charge in [-0.2, -0.15) is 0 Å².